The Hall–Kier alpha value is -1.92. The van der Waals surface area contributed by atoms with Crippen molar-refractivity contribution < 1.29 is 9.90 Å². The predicted octanol–water partition coefficient (Wildman–Crippen LogP) is 1.87. The van der Waals surface area contributed by atoms with Crippen LogP contribution in [0.3, 0.4) is 0 Å². The summed E-state index contributed by atoms with van der Waals surface area (Å²) in [7, 11) is 0. The summed E-state index contributed by atoms with van der Waals surface area (Å²) in [5.74, 6) is 0.745. The number of fused-ring (bicyclic) bond motifs is 2. The van der Waals surface area contributed by atoms with Crippen LogP contribution in [0.5, 0.6) is 0 Å². The van der Waals surface area contributed by atoms with E-state index in [1.165, 1.54) is 11.1 Å². The molecule has 2 aliphatic rings. The Morgan fingerprint density at radius 2 is 2.12 bits per heavy atom. The second kappa shape index (κ2) is 6.42. The second-order valence-electron chi connectivity index (χ2n) is 6.97. The van der Waals surface area contributed by atoms with Crippen LogP contribution in [-0.4, -0.2) is 50.3 Å². The zero-order valence-electron chi connectivity index (χ0n) is 13.9. The van der Waals surface area contributed by atoms with Crippen LogP contribution in [0.1, 0.15) is 36.2 Å². The first-order valence-electron chi connectivity index (χ1n) is 8.69. The summed E-state index contributed by atoms with van der Waals surface area (Å²) in [5.41, 5.74) is 2.33. The van der Waals surface area contributed by atoms with Crippen LogP contribution < -0.4 is 0 Å². The van der Waals surface area contributed by atoms with Crippen molar-refractivity contribution in [2.75, 3.05) is 13.1 Å². The maximum atomic E-state index is 12.5. The van der Waals surface area contributed by atoms with Crippen LogP contribution in [0.25, 0.3) is 0 Å². The third-order valence-corrected chi connectivity index (χ3v) is 5.86. The zero-order chi connectivity index (χ0) is 17.4. The van der Waals surface area contributed by atoms with Gasteiger partial charge in [-0.05, 0) is 42.0 Å². The summed E-state index contributed by atoms with van der Waals surface area (Å²) >= 11 is 5.68. The van der Waals surface area contributed by atoms with Gasteiger partial charge >= 0.3 is 0 Å². The van der Waals surface area contributed by atoms with Crippen LogP contribution in [0.4, 0.5) is 0 Å². The lowest BCUT2D eigenvalue weighted by molar-refractivity contribution is -0.133. The lowest BCUT2D eigenvalue weighted by atomic mass is 9.72. The number of H-pyrrole nitrogens is 1. The number of aromatic nitrogens is 3. The van der Waals surface area contributed by atoms with E-state index >= 15 is 0 Å². The molecule has 2 aromatic rings. The number of rotatable bonds is 3. The maximum absolute atomic E-state index is 12.5. The first-order chi connectivity index (χ1) is 12.1. The average Bonchev–Trinajstić information content (AvgIpc) is 3.16. The fraction of sp³-hybridized carbons (Fsp3) is 0.500. The van der Waals surface area contributed by atoms with Gasteiger partial charge in [0.15, 0.2) is 0 Å². The summed E-state index contributed by atoms with van der Waals surface area (Å²) < 4.78 is 0. The van der Waals surface area contributed by atoms with Crippen LogP contribution in [-0.2, 0) is 23.1 Å². The van der Waals surface area contributed by atoms with E-state index in [0.717, 1.165) is 19.3 Å². The fourth-order valence-electron chi connectivity index (χ4n) is 4.29. The molecule has 1 unspecified atom stereocenters. The molecular formula is C18H21ClN4O2. The topological polar surface area (TPSA) is 82.1 Å². The van der Waals surface area contributed by atoms with E-state index < -0.39 is 0 Å². The van der Waals surface area contributed by atoms with Crippen molar-refractivity contribution in [3.05, 3.63) is 46.5 Å². The molecular weight excluding hydrogens is 340 g/mol. The van der Waals surface area contributed by atoms with E-state index in [-0.39, 0.29) is 22.7 Å². The number of hydrogen-bond donors (Lipinski definition) is 2. The van der Waals surface area contributed by atoms with Crippen molar-refractivity contribution >= 4 is 17.5 Å². The molecule has 6 nitrogen and oxygen atoms in total. The molecule has 0 radical (unpaired) electrons. The molecule has 1 saturated heterocycles. The van der Waals surface area contributed by atoms with E-state index in [9.17, 15) is 9.90 Å². The van der Waals surface area contributed by atoms with Gasteiger partial charge in [-0.15, -0.1) is 5.10 Å². The number of aromatic amines is 1. The van der Waals surface area contributed by atoms with E-state index in [0.29, 0.717) is 31.8 Å². The molecule has 1 aromatic heterocycles. The molecule has 4 rings (SSSR count). The van der Waals surface area contributed by atoms with Crippen molar-refractivity contribution in [2.24, 2.45) is 0 Å². The first-order valence-corrected chi connectivity index (χ1v) is 9.07. The number of aryl methyl sites for hydroxylation is 1. The van der Waals surface area contributed by atoms with E-state index in [1.54, 1.807) is 0 Å². The summed E-state index contributed by atoms with van der Waals surface area (Å²) in [6, 6.07) is 8.31. The Morgan fingerprint density at radius 3 is 2.84 bits per heavy atom. The Bertz CT molecular complexity index is 783. The van der Waals surface area contributed by atoms with Gasteiger partial charge in [0.2, 0.25) is 11.2 Å². The van der Waals surface area contributed by atoms with Crippen molar-refractivity contribution in [3.63, 3.8) is 0 Å². The van der Waals surface area contributed by atoms with Crippen LogP contribution in [0.15, 0.2) is 24.3 Å². The smallest absolute Gasteiger partial charge is 0.242 e. The van der Waals surface area contributed by atoms with Gasteiger partial charge in [0.25, 0.3) is 0 Å². The monoisotopic (exact) mass is 360 g/mol. The molecule has 132 valence electrons. The molecule has 25 heavy (non-hydrogen) atoms. The number of hydrogen-bond acceptors (Lipinski definition) is 4. The summed E-state index contributed by atoms with van der Waals surface area (Å²) in [6.07, 6.45) is 2.88. The van der Waals surface area contributed by atoms with E-state index in [2.05, 4.69) is 27.3 Å². The maximum Gasteiger partial charge on any atom is 0.242 e. The largest absolute Gasteiger partial charge is 0.392 e. The lowest BCUT2D eigenvalue weighted by Crippen LogP contribution is -2.49. The van der Waals surface area contributed by atoms with Crippen molar-refractivity contribution in [1.82, 2.24) is 20.1 Å². The number of likely N-dealkylation sites (tertiary alicyclic amines) is 1. The number of nitrogens with one attached hydrogen (secondary N) is 1. The Balaban J connectivity index is 1.39. The number of amides is 1. The highest BCUT2D eigenvalue weighted by Gasteiger charge is 2.47. The van der Waals surface area contributed by atoms with Gasteiger partial charge in [-0.3, -0.25) is 9.89 Å². The third-order valence-electron chi connectivity index (χ3n) is 5.69. The van der Waals surface area contributed by atoms with Gasteiger partial charge in [-0.1, -0.05) is 24.3 Å². The highest BCUT2D eigenvalue weighted by atomic mass is 35.5. The molecule has 0 bridgehead atoms. The number of piperidine rings is 1. The molecule has 1 aliphatic carbocycles. The van der Waals surface area contributed by atoms with Gasteiger partial charge in [0, 0.05) is 31.3 Å². The van der Waals surface area contributed by atoms with E-state index in [4.69, 9.17) is 11.6 Å². The van der Waals surface area contributed by atoms with Crippen LogP contribution in [0, 0.1) is 0 Å². The first kappa shape index (κ1) is 16.5. The standard InChI is InChI=1S/C18H21ClN4O2/c19-17-20-15(21-22-17)5-6-16(25)23-9-7-18(8-10-23)13-4-2-1-3-12(13)11-14(18)24/h1-4,14,24H,5-11H2,(H,20,21,22). The normalized spacial score (nSPS) is 21.5. The fourth-order valence-corrected chi connectivity index (χ4v) is 4.44. The number of aliphatic hydroxyl groups is 1. The highest BCUT2D eigenvalue weighted by molar-refractivity contribution is 6.28. The van der Waals surface area contributed by atoms with Crippen molar-refractivity contribution in [1.29, 1.82) is 0 Å². The number of aliphatic hydroxyl groups excluding tert-OH is 1. The summed E-state index contributed by atoms with van der Waals surface area (Å²) in [4.78, 5) is 18.4. The summed E-state index contributed by atoms with van der Waals surface area (Å²) in [5, 5.41) is 17.3. The van der Waals surface area contributed by atoms with Gasteiger partial charge in [-0.2, -0.15) is 0 Å². The minimum atomic E-state index is -0.349. The minimum Gasteiger partial charge on any atom is -0.392 e. The SMILES string of the molecule is O=C(CCc1nc(Cl)n[nH]1)N1CCC2(CC1)c1ccccc1CC2O. The molecule has 2 N–H and O–H groups in total. The van der Waals surface area contributed by atoms with Gasteiger partial charge in [0.1, 0.15) is 5.82 Å². The van der Waals surface area contributed by atoms with Crippen molar-refractivity contribution in [2.45, 2.75) is 43.6 Å². The molecule has 1 fully saturated rings. The average molecular weight is 361 g/mol. The molecule has 1 spiro atoms. The lowest BCUT2D eigenvalue weighted by Gasteiger charge is -2.42. The van der Waals surface area contributed by atoms with Gasteiger partial charge < -0.3 is 10.0 Å². The highest BCUT2D eigenvalue weighted by Crippen LogP contribution is 2.46. The molecule has 1 aromatic carbocycles. The van der Waals surface area contributed by atoms with Crippen molar-refractivity contribution in [3.8, 4) is 0 Å². The van der Waals surface area contributed by atoms with Crippen LogP contribution in [0.2, 0.25) is 5.28 Å². The van der Waals surface area contributed by atoms with Gasteiger partial charge in [-0.25, -0.2) is 4.98 Å². The second-order valence-corrected chi connectivity index (χ2v) is 7.30. The number of carbonyl (C=O) groups excluding carboxylic acids is 1. The number of nitrogens with zero attached hydrogens (tertiary/aromatic N) is 3. The summed E-state index contributed by atoms with van der Waals surface area (Å²) in [6.45, 7) is 1.36. The predicted molar refractivity (Wildman–Crippen MR) is 93.4 cm³/mol. The molecule has 1 atom stereocenters. The molecule has 0 saturated carbocycles. The number of carbonyl (C=O) groups is 1. The Morgan fingerprint density at radius 1 is 1.36 bits per heavy atom. The van der Waals surface area contributed by atoms with Crippen LogP contribution >= 0.6 is 11.6 Å². The molecule has 2 heterocycles. The third kappa shape index (κ3) is 2.93. The Kier molecular flexibility index (Phi) is 4.25. The number of benzene rings is 1. The zero-order valence-corrected chi connectivity index (χ0v) is 14.7. The quantitative estimate of drug-likeness (QED) is 0.875. The van der Waals surface area contributed by atoms with Gasteiger partial charge in [0.05, 0.1) is 6.10 Å². The molecule has 7 heteroatoms. The van der Waals surface area contributed by atoms with E-state index in [1.807, 2.05) is 17.0 Å². The molecule has 1 aliphatic heterocycles. The number of halogens is 1. The molecule has 1 amide bonds. The Labute approximate surface area is 151 Å². The minimum absolute atomic E-state index is 0.114.